The van der Waals surface area contributed by atoms with Crippen LogP contribution in [-0.4, -0.2) is 59.0 Å². The highest BCUT2D eigenvalue weighted by atomic mass is 19.1. The van der Waals surface area contributed by atoms with Gasteiger partial charge in [-0.2, -0.15) is 0 Å². The van der Waals surface area contributed by atoms with E-state index < -0.39 is 0 Å². The highest BCUT2D eigenvalue weighted by molar-refractivity contribution is 5.92. The lowest BCUT2D eigenvalue weighted by Gasteiger charge is -2.44. The normalized spacial score (nSPS) is 23.0. The Morgan fingerprint density at radius 3 is 2.53 bits per heavy atom. The molecular formula is C25H26FN5O. The molecule has 7 heteroatoms. The number of aromatic nitrogens is 2. The maximum atomic E-state index is 13.3. The number of carbonyl (C=O) groups excluding carboxylic acids is 1. The summed E-state index contributed by atoms with van der Waals surface area (Å²) in [6.45, 7) is 3.29. The molecule has 2 bridgehead atoms. The Morgan fingerprint density at radius 1 is 0.969 bits per heavy atom. The number of piperazine rings is 1. The SMILES string of the molecule is O=C(CC1CN(c2cccc3ncccc23)C1)N1C[C@H]2CC[C@@H](C1)N2c1ccc(F)cn1. The van der Waals surface area contributed by atoms with E-state index in [0.29, 0.717) is 12.3 Å². The number of hydrogen-bond acceptors (Lipinski definition) is 5. The first kappa shape index (κ1) is 19.5. The van der Waals surface area contributed by atoms with Gasteiger partial charge in [-0.3, -0.25) is 9.78 Å². The van der Waals surface area contributed by atoms with Crippen molar-refractivity contribution >= 4 is 28.3 Å². The van der Waals surface area contributed by atoms with Crippen molar-refractivity contribution in [2.45, 2.75) is 31.3 Å². The third kappa shape index (κ3) is 3.36. The van der Waals surface area contributed by atoms with Crippen LogP contribution in [0.3, 0.4) is 0 Å². The molecular weight excluding hydrogens is 405 g/mol. The van der Waals surface area contributed by atoms with Crippen LogP contribution in [0.4, 0.5) is 15.9 Å². The van der Waals surface area contributed by atoms with E-state index in [0.717, 1.165) is 50.4 Å². The van der Waals surface area contributed by atoms with Crippen molar-refractivity contribution in [3.8, 4) is 0 Å². The zero-order valence-corrected chi connectivity index (χ0v) is 17.9. The predicted molar refractivity (Wildman–Crippen MR) is 122 cm³/mol. The fourth-order valence-electron chi connectivity index (χ4n) is 5.64. The summed E-state index contributed by atoms with van der Waals surface area (Å²) >= 11 is 0. The molecule has 164 valence electrons. The van der Waals surface area contributed by atoms with Gasteiger partial charge in [0, 0.05) is 67.9 Å². The molecule has 0 radical (unpaired) electrons. The number of hydrogen-bond donors (Lipinski definition) is 0. The van der Waals surface area contributed by atoms with Crippen LogP contribution in [0.5, 0.6) is 0 Å². The minimum absolute atomic E-state index is 0.262. The molecule has 1 aromatic carbocycles. The Bertz CT molecular complexity index is 1130. The summed E-state index contributed by atoms with van der Waals surface area (Å²) in [4.78, 5) is 28.5. The molecule has 6 nitrogen and oxygen atoms in total. The van der Waals surface area contributed by atoms with E-state index in [9.17, 15) is 9.18 Å². The number of carbonyl (C=O) groups is 1. The predicted octanol–water partition coefficient (Wildman–Crippen LogP) is 3.48. The van der Waals surface area contributed by atoms with Crippen LogP contribution < -0.4 is 9.80 Å². The van der Waals surface area contributed by atoms with Crippen LogP contribution in [0.25, 0.3) is 10.9 Å². The average molecular weight is 432 g/mol. The van der Waals surface area contributed by atoms with Gasteiger partial charge in [-0.15, -0.1) is 0 Å². The van der Waals surface area contributed by atoms with Gasteiger partial charge in [-0.25, -0.2) is 9.37 Å². The molecule has 2 aromatic heterocycles. The molecule has 0 spiro atoms. The third-order valence-corrected chi connectivity index (χ3v) is 7.20. The lowest BCUT2D eigenvalue weighted by atomic mass is 9.93. The maximum Gasteiger partial charge on any atom is 0.223 e. The number of anilines is 2. The summed E-state index contributed by atoms with van der Waals surface area (Å²) in [5.41, 5.74) is 2.21. The highest BCUT2D eigenvalue weighted by Gasteiger charge is 2.42. The van der Waals surface area contributed by atoms with Crippen LogP contribution in [-0.2, 0) is 4.79 Å². The van der Waals surface area contributed by atoms with E-state index in [1.165, 1.54) is 23.3 Å². The van der Waals surface area contributed by atoms with E-state index in [4.69, 9.17) is 0 Å². The number of fused-ring (bicyclic) bond motifs is 3. The van der Waals surface area contributed by atoms with E-state index in [-0.39, 0.29) is 23.8 Å². The first-order valence-corrected chi connectivity index (χ1v) is 11.4. The smallest absolute Gasteiger partial charge is 0.223 e. The van der Waals surface area contributed by atoms with Crippen molar-refractivity contribution in [1.82, 2.24) is 14.9 Å². The molecule has 1 amide bonds. The number of amides is 1. The Labute approximate surface area is 186 Å². The number of halogens is 1. The molecule has 6 rings (SSSR count). The number of likely N-dealkylation sites (tertiary alicyclic amines) is 1. The van der Waals surface area contributed by atoms with Gasteiger partial charge in [0.25, 0.3) is 0 Å². The molecule has 0 aliphatic carbocycles. The molecule has 3 fully saturated rings. The summed E-state index contributed by atoms with van der Waals surface area (Å²) in [6.07, 6.45) is 5.82. The van der Waals surface area contributed by atoms with Crippen LogP contribution in [0, 0.1) is 11.7 Å². The largest absolute Gasteiger partial charge is 0.370 e. The lowest BCUT2D eigenvalue weighted by Crippen LogP contribution is -2.57. The third-order valence-electron chi connectivity index (χ3n) is 7.20. The zero-order valence-electron chi connectivity index (χ0n) is 17.9. The molecule has 0 unspecified atom stereocenters. The second kappa shape index (κ2) is 7.73. The Hall–Kier alpha value is -3.22. The van der Waals surface area contributed by atoms with E-state index in [1.54, 1.807) is 6.07 Å². The van der Waals surface area contributed by atoms with Gasteiger partial charge in [-0.05, 0) is 49.2 Å². The molecule has 5 heterocycles. The number of rotatable bonds is 4. The van der Waals surface area contributed by atoms with E-state index >= 15 is 0 Å². The van der Waals surface area contributed by atoms with Gasteiger partial charge < -0.3 is 14.7 Å². The molecule has 0 saturated carbocycles. The van der Waals surface area contributed by atoms with Gasteiger partial charge in [0.1, 0.15) is 11.6 Å². The molecule has 32 heavy (non-hydrogen) atoms. The van der Waals surface area contributed by atoms with Crippen molar-refractivity contribution in [3.63, 3.8) is 0 Å². The van der Waals surface area contributed by atoms with Crippen molar-refractivity contribution in [2.75, 3.05) is 36.0 Å². The average Bonchev–Trinajstić information content (AvgIpc) is 3.05. The molecule has 2 atom stereocenters. The van der Waals surface area contributed by atoms with Gasteiger partial charge in [0.05, 0.1) is 11.7 Å². The van der Waals surface area contributed by atoms with Crippen molar-refractivity contribution < 1.29 is 9.18 Å². The van der Waals surface area contributed by atoms with Gasteiger partial charge >= 0.3 is 0 Å². The molecule has 3 aliphatic rings. The zero-order chi connectivity index (χ0) is 21.7. The summed E-state index contributed by atoms with van der Waals surface area (Å²) in [5.74, 6) is 1.16. The van der Waals surface area contributed by atoms with Gasteiger partial charge in [0.2, 0.25) is 5.91 Å². The van der Waals surface area contributed by atoms with Crippen molar-refractivity contribution in [1.29, 1.82) is 0 Å². The molecule has 0 N–H and O–H groups in total. The summed E-state index contributed by atoms with van der Waals surface area (Å²) in [6, 6.07) is 14.1. The van der Waals surface area contributed by atoms with Crippen LogP contribution >= 0.6 is 0 Å². The molecule has 3 aromatic rings. The fourth-order valence-corrected chi connectivity index (χ4v) is 5.64. The fraction of sp³-hybridized carbons (Fsp3) is 0.400. The maximum absolute atomic E-state index is 13.3. The minimum atomic E-state index is -0.316. The first-order chi connectivity index (χ1) is 15.7. The van der Waals surface area contributed by atoms with Crippen LogP contribution in [0.1, 0.15) is 19.3 Å². The van der Waals surface area contributed by atoms with Crippen LogP contribution in [0.2, 0.25) is 0 Å². The number of nitrogens with zero attached hydrogens (tertiary/aromatic N) is 5. The Morgan fingerprint density at radius 2 is 1.78 bits per heavy atom. The monoisotopic (exact) mass is 431 g/mol. The topological polar surface area (TPSA) is 52.6 Å². The number of benzene rings is 1. The molecule has 3 saturated heterocycles. The summed E-state index contributed by atoms with van der Waals surface area (Å²) in [7, 11) is 0. The summed E-state index contributed by atoms with van der Waals surface area (Å²) in [5, 5.41) is 1.17. The van der Waals surface area contributed by atoms with E-state index in [1.807, 2.05) is 29.3 Å². The summed E-state index contributed by atoms with van der Waals surface area (Å²) < 4.78 is 13.3. The van der Waals surface area contributed by atoms with E-state index in [2.05, 4.69) is 31.9 Å². The minimum Gasteiger partial charge on any atom is -0.370 e. The molecule has 3 aliphatic heterocycles. The second-order valence-electron chi connectivity index (χ2n) is 9.25. The van der Waals surface area contributed by atoms with Gasteiger partial charge in [-0.1, -0.05) is 6.07 Å². The standard InChI is InChI=1S/C25H26FN5O/c26-18-6-9-24(28-12-18)31-19-7-8-20(31)16-30(15-19)25(32)11-17-13-29(14-17)23-5-1-4-22-21(23)3-2-10-27-22/h1-6,9-10,12,17,19-20H,7-8,11,13-16H2/t19-,20+. The quantitative estimate of drug-likeness (QED) is 0.633. The van der Waals surface area contributed by atoms with Crippen LogP contribution in [0.15, 0.2) is 54.9 Å². The second-order valence-corrected chi connectivity index (χ2v) is 9.25. The Balaban J connectivity index is 1.07. The lowest BCUT2D eigenvalue weighted by molar-refractivity contribution is -0.133. The first-order valence-electron chi connectivity index (χ1n) is 11.4. The van der Waals surface area contributed by atoms with Gasteiger partial charge in [0.15, 0.2) is 0 Å². The van der Waals surface area contributed by atoms with Crippen molar-refractivity contribution in [3.05, 3.63) is 60.7 Å². The van der Waals surface area contributed by atoms with Crippen molar-refractivity contribution in [2.24, 2.45) is 5.92 Å². The Kier molecular flexibility index (Phi) is 4.70. The number of pyridine rings is 2. The highest BCUT2D eigenvalue weighted by Crippen LogP contribution is 2.36.